The Balaban J connectivity index is 1.87. The van der Waals surface area contributed by atoms with E-state index < -0.39 is 10.1 Å². The molecule has 0 aliphatic carbocycles. The average molecular weight is 389 g/mol. The number of benzene rings is 1. The Morgan fingerprint density at radius 3 is 2.77 bits per heavy atom. The molecule has 2 rings (SSSR count). The van der Waals surface area contributed by atoms with E-state index in [2.05, 4.69) is 21.0 Å². The third kappa shape index (κ3) is 4.91. The van der Waals surface area contributed by atoms with Crippen molar-refractivity contribution in [3.05, 3.63) is 46.2 Å². The fourth-order valence-electron chi connectivity index (χ4n) is 2.06. The van der Waals surface area contributed by atoms with Gasteiger partial charge in [0.25, 0.3) is 10.1 Å². The van der Waals surface area contributed by atoms with Gasteiger partial charge in [-0.2, -0.15) is 13.5 Å². The van der Waals surface area contributed by atoms with Crippen LogP contribution in [-0.2, 0) is 27.8 Å². The Labute approximate surface area is 138 Å². The Kier molecular flexibility index (Phi) is 5.74. The largest absolute Gasteiger partial charge is 0.379 e. The van der Waals surface area contributed by atoms with Crippen molar-refractivity contribution in [3.63, 3.8) is 0 Å². The van der Waals surface area contributed by atoms with Crippen LogP contribution in [0.4, 0.5) is 0 Å². The molecule has 0 saturated heterocycles. The molecule has 120 valence electrons. The quantitative estimate of drug-likeness (QED) is 0.581. The summed E-state index contributed by atoms with van der Waals surface area (Å²) in [5, 5.41) is 4.11. The molecule has 0 aliphatic heterocycles. The van der Waals surface area contributed by atoms with E-state index in [0.717, 1.165) is 10.0 Å². The highest BCUT2D eigenvalue weighted by Gasteiger charge is 2.15. The lowest BCUT2D eigenvalue weighted by atomic mass is 10.1. The number of aromatic nitrogens is 2. The zero-order chi connectivity index (χ0) is 16.2. The monoisotopic (exact) mass is 388 g/mol. The molecule has 0 radical (unpaired) electrons. The zero-order valence-corrected chi connectivity index (χ0v) is 14.5. The third-order valence-corrected chi connectivity index (χ3v) is 4.44. The highest BCUT2D eigenvalue weighted by atomic mass is 79.9. The molecule has 8 heteroatoms. The van der Waals surface area contributed by atoms with Crippen LogP contribution in [0.3, 0.4) is 0 Å². The van der Waals surface area contributed by atoms with Crippen LogP contribution in [0.5, 0.6) is 0 Å². The van der Waals surface area contributed by atoms with E-state index in [-0.39, 0.29) is 4.90 Å². The van der Waals surface area contributed by atoms with Crippen LogP contribution in [0.1, 0.15) is 11.1 Å². The number of aryl methyl sites for hydroxylation is 1. The molecule has 22 heavy (non-hydrogen) atoms. The topological polar surface area (TPSA) is 81.4 Å². The van der Waals surface area contributed by atoms with Gasteiger partial charge in [0.1, 0.15) is 0 Å². The van der Waals surface area contributed by atoms with E-state index in [1.807, 2.05) is 13.1 Å². The second-order valence-corrected chi connectivity index (χ2v) is 7.18. The summed E-state index contributed by atoms with van der Waals surface area (Å²) in [6, 6.07) is 4.82. The number of rotatable bonds is 7. The average Bonchev–Trinajstić information content (AvgIpc) is 2.83. The van der Waals surface area contributed by atoms with Crippen molar-refractivity contribution in [3.8, 4) is 0 Å². The van der Waals surface area contributed by atoms with Crippen molar-refractivity contribution in [2.24, 2.45) is 0 Å². The van der Waals surface area contributed by atoms with E-state index >= 15 is 0 Å². The Hall–Kier alpha value is -1.22. The van der Waals surface area contributed by atoms with Gasteiger partial charge in [0.2, 0.25) is 0 Å². The maximum Gasteiger partial charge on any atom is 0.294 e. The van der Waals surface area contributed by atoms with E-state index in [9.17, 15) is 13.0 Å². The molecule has 1 heterocycles. The summed E-state index contributed by atoms with van der Waals surface area (Å²) in [6.45, 7) is 3.33. The molecule has 0 saturated carbocycles. The number of hydrogen-bond acceptors (Lipinski definition) is 4. The SMILES string of the molecule is Cc1ccc(S(=O)(=O)O)c(CCOCCn2cc(Br)cn2)c1. The molecule has 2 aromatic rings. The summed E-state index contributed by atoms with van der Waals surface area (Å²) in [6.07, 6.45) is 3.96. The van der Waals surface area contributed by atoms with Gasteiger partial charge >= 0.3 is 0 Å². The van der Waals surface area contributed by atoms with Crippen LogP contribution in [0, 0.1) is 6.92 Å². The van der Waals surface area contributed by atoms with Crippen LogP contribution < -0.4 is 0 Å². The molecule has 1 aromatic heterocycles. The summed E-state index contributed by atoms with van der Waals surface area (Å²) in [4.78, 5) is -0.0577. The molecule has 0 spiro atoms. The lowest BCUT2D eigenvalue weighted by molar-refractivity contribution is 0.126. The van der Waals surface area contributed by atoms with Crippen LogP contribution in [0.25, 0.3) is 0 Å². The first-order valence-corrected chi connectivity index (χ1v) is 8.92. The number of ether oxygens (including phenoxy) is 1. The summed E-state index contributed by atoms with van der Waals surface area (Å²) >= 11 is 3.31. The summed E-state index contributed by atoms with van der Waals surface area (Å²) in [5.74, 6) is 0. The van der Waals surface area contributed by atoms with Crippen LogP contribution in [0.15, 0.2) is 40.0 Å². The highest BCUT2D eigenvalue weighted by molar-refractivity contribution is 9.10. The minimum absolute atomic E-state index is 0.0577. The minimum Gasteiger partial charge on any atom is -0.379 e. The van der Waals surface area contributed by atoms with E-state index in [1.165, 1.54) is 6.07 Å². The first kappa shape index (κ1) is 17.1. The van der Waals surface area contributed by atoms with Gasteiger partial charge in [-0.15, -0.1) is 0 Å². The van der Waals surface area contributed by atoms with Gasteiger partial charge in [0.05, 0.1) is 35.3 Å². The second-order valence-electron chi connectivity index (χ2n) is 4.87. The van der Waals surface area contributed by atoms with Crippen molar-refractivity contribution in [2.45, 2.75) is 24.8 Å². The van der Waals surface area contributed by atoms with Crippen molar-refractivity contribution in [2.75, 3.05) is 13.2 Å². The molecule has 0 bridgehead atoms. The summed E-state index contributed by atoms with van der Waals surface area (Å²) in [7, 11) is -4.21. The molecule has 0 aliphatic rings. The number of hydrogen-bond donors (Lipinski definition) is 1. The van der Waals surface area contributed by atoms with Gasteiger partial charge in [-0.1, -0.05) is 17.7 Å². The molecule has 0 unspecified atom stereocenters. The van der Waals surface area contributed by atoms with Crippen molar-refractivity contribution >= 4 is 26.0 Å². The van der Waals surface area contributed by atoms with Crippen LogP contribution >= 0.6 is 15.9 Å². The molecule has 0 atom stereocenters. The summed E-state index contributed by atoms with van der Waals surface area (Å²) in [5.41, 5.74) is 1.49. The number of halogens is 1. The Morgan fingerprint density at radius 1 is 1.36 bits per heavy atom. The summed E-state index contributed by atoms with van der Waals surface area (Å²) < 4.78 is 40.1. The Bertz CT molecular complexity index is 743. The van der Waals surface area contributed by atoms with Crippen molar-refractivity contribution in [1.29, 1.82) is 0 Å². The van der Waals surface area contributed by atoms with Crippen LogP contribution in [-0.4, -0.2) is 36.0 Å². The highest BCUT2D eigenvalue weighted by Crippen LogP contribution is 2.18. The molecule has 0 amide bonds. The van der Waals surface area contributed by atoms with Gasteiger partial charge in [-0.05, 0) is 40.9 Å². The van der Waals surface area contributed by atoms with Crippen LogP contribution in [0.2, 0.25) is 0 Å². The van der Waals surface area contributed by atoms with E-state index in [1.54, 1.807) is 23.0 Å². The molecule has 6 nitrogen and oxygen atoms in total. The van der Waals surface area contributed by atoms with Crippen molar-refractivity contribution in [1.82, 2.24) is 9.78 Å². The molecule has 1 aromatic carbocycles. The molecular formula is C14H17BrN2O4S. The first-order valence-electron chi connectivity index (χ1n) is 6.69. The van der Waals surface area contributed by atoms with E-state index in [0.29, 0.717) is 31.7 Å². The van der Waals surface area contributed by atoms with Gasteiger partial charge in [0.15, 0.2) is 0 Å². The first-order chi connectivity index (χ1) is 10.4. The van der Waals surface area contributed by atoms with Crippen molar-refractivity contribution < 1.29 is 17.7 Å². The zero-order valence-electron chi connectivity index (χ0n) is 12.1. The smallest absolute Gasteiger partial charge is 0.294 e. The second kappa shape index (κ2) is 7.36. The third-order valence-electron chi connectivity index (χ3n) is 3.08. The van der Waals surface area contributed by atoms with Gasteiger partial charge in [0, 0.05) is 6.20 Å². The fraction of sp³-hybridized carbons (Fsp3) is 0.357. The number of nitrogens with zero attached hydrogens (tertiary/aromatic N) is 2. The predicted molar refractivity (Wildman–Crippen MR) is 85.4 cm³/mol. The maximum atomic E-state index is 11.3. The lowest BCUT2D eigenvalue weighted by Gasteiger charge is -2.09. The van der Waals surface area contributed by atoms with E-state index in [4.69, 9.17) is 4.74 Å². The lowest BCUT2D eigenvalue weighted by Crippen LogP contribution is -2.10. The minimum atomic E-state index is -4.21. The Morgan fingerprint density at radius 2 is 2.14 bits per heavy atom. The van der Waals surface area contributed by atoms with Gasteiger partial charge in [-0.3, -0.25) is 9.23 Å². The van der Waals surface area contributed by atoms with Gasteiger partial charge in [-0.25, -0.2) is 0 Å². The maximum absolute atomic E-state index is 11.3. The standard InChI is InChI=1S/C14H17BrN2O4S/c1-11-2-3-14(22(18,19)20)12(8-11)4-6-21-7-5-17-10-13(15)9-16-17/h2-3,8-10H,4-7H2,1H3,(H,18,19,20). The predicted octanol–water partition coefficient (Wildman–Crippen LogP) is 2.46. The van der Waals surface area contributed by atoms with Gasteiger partial charge < -0.3 is 4.74 Å². The fourth-order valence-corrected chi connectivity index (χ4v) is 3.12. The molecule has 1 N–H and O–H groups in total. The molecule has 0 fully saturated rings. The normalized spacial score (nSPS) is 11.8. The molecular weight excluding hydrogens is 372 g/mol.